The van der Waals surface area contributed by atoms with Crippen LogP contribution in [0, 0.1) is 17.3 Å². The molecule has 0 nitrogen and oxygen atoms in total. The van der Waals surface area contributed by atoms with Crippen molar-refractivity contribution in [3.63, 3.8) is 0 Å². The minimum Gasteiger partial charge on any atom is -0.0870 e. The zero-order valence-corrected chi connectivity index (χ0v) is 11.7. The van der Waals surface area contributed by atoms with Crippen LogP contribution in [0.5, 0.6) is 0 Å². The third-order valence-electron chi connectivity index (χ3n) is 5.65. The first kappa shape index (κ1) is 11.5. The number of rotatable bonds is 1. The summed E-state index contributed by atoms with van der Waals surface area (Å²) in [6, 6.07) is 0. The van der Waals surface area contributed by atoms with E-state index in [2.05, 4.69) is 49.5 Å². The van der Waals surface area contributed by atoms with Crippen LogP contribution in [0.1, 0.15) is 39.0 Å². The van der Waals surface area contributed by atoms with Crippen molar-refractivity contribution in [3.8, 4) is 0 Å². The molecule has 0 saturated carbocycles. The van der Waals surface area contributed by atoms with Gasteiger partial charge in [0.2, 0.25) is 0 Å². The van der Waals surface area contributed by atoms with Gasteiger partial charge in [-0.1, -0.05) is 49.5 Å². The summed E-state index contributed by atoms with van der Waals surface area (Å²) in [4.78, 5) is 0. The molecule has 98 valence electrons. The van der Waals surface area contributed by atoms with Crippen LogP contribution in [0.4, 0.5) is 0 Å². The monoisotopic (exact) mass is 250 g/mol. The van der Waals surface area contributed by atoms with Crippen LogP contribution in [0.2, 0.25) is 0 Å². The highest BCUT2D eigenvalue weighted by atomic mass is 14.5. The van der Waals surface area contributed by atoms with Crippen molar-refractivity contribution in [3.05, 3.63) is 59.3 Å². The number of allylic oxidation sites excluding steroid dienone is 10. The van der Waals surface area contributed by atoms with Crippen LogP contribution in [-0.4, -0.2) is 0 Å². The minimum absolute atomic E-state index is 0.319. The van der Waals surface area contributed by atoms with Gasteiger partial charge in [0.15, 0.2) is 0 Å². The van der Waals surface area contributed by atoms with Gasteiger partial charge in [-0.3, -0.25) is 0 Å². The highest BCUT2D eigenvalue weighted by molar-refractivity contribution is 5.54. The fourth-order valence-corrected chi connectivity index (χ4v) is 4.51. The second-order valence-electron chi connectivity index (χ2n) is 6.42. The van der Waals surface area contributed by atoms with Crippen LogP contribution in [0.3, 0.4) is 0 Å². The molecule has 0 aromatic heterocycles. The maximum Gasteiger partial charge on any atom is 0.0133 e. The van der Waals surface area contributed by atoms with E-state index in [1.54, 1.807) is 16.7 Å². The molecule has 0 aromatic rings. The third-order valence-corrected chi connectivity index (χ3v) is 5.65. The lowest BCUT2D eigenvalue weighted by molar-refractivity contribution is 0.348. The summed E-state index contributed by atoms with van der Waals surface area (Å²) in [5.74, 6) is 1.40. The summed E-state index contributed by atoms with van der Waals surface area (Å²) in [6.45, 7) is 2.33. The average molecular weight is 250 g/mol. The molecule has 0 heteroatoms. The van der Waals surface area contributed by atoms with Gasteiger partial charge in [0.1, 0.15) is 0 Å². The average Bonchev–Trinajstić information content (AvgIpc) is 2.91. The Balaban J connectivity index is 1.80. The van der Waals surface area contributed by atoms with Gasteiger partial charge >= 0.3 is 0 Å². The summed E-state index contributed by atoms with van der Waals surface area (Å²) in [7, 11) is 0. The summed E-state index contributed by atoms with van der Waals surface area (Å²) >= 11 is 0. The maximum absolute atomic E-state index is 2.51. The van der Waals surface area contributed by atoms with Gasteiger partial charge in [-0.2, -0.15) is 0 Å². The Morgan fingerprint density at radius 3 is 3.00 bits per heavy atom. The summed E-state index contributed by atoms with van der Waals surface area (Å²) in [5.41, 5.74) is 5.16. The van der Waals surface area contributed by atoms with E-state index in [1.807, 2.05) is 0 Å². The topological polar surface area (TPSA) is 0 Å². The van der Waals surface area contributed by atoms with Crippen molar-refractivity contribution in [2.45, 2.75) is 39.0 Å². The van der Waals surface area contributed by atoms with E-state index in [-0.39, 0.29) is 0 Å². The Kier molecular flexibility index (Phi) is 2.48. The molecule has 0 bridgehead atoms. The van der Waals surface area contributed by atoms with Gasteiger partial charge < -0.3 is 0 Å². The van der Waals surface area contributed by atoms with Crippen molar-refractivity contribution in [1.29, 1.82) is 0 Å². The predicted molar refractivity (Wildman–Crippen MR) is 80.7 cm³/mol. The van der Waals surface area contributed by atoms with E-state index < -0.39 is 0 Å². The minimum atomic E-state index is 0.319. The molecule has 0 fully saturated rings. The Hall–Kier alpha value is -1.30. The number of fused-ring (bicyclic) bond motifs is 4. The Morgan fingerprint density at radius 2 is 2.11 bits per heavy atom. The lowest BCUT2D eigenvalue weighted by Crippen LogP contribution is -2.29. The Labute approximate surface area is 116 Å². The molecule has 19 heavy (non-hydrogen) atoms. The predicted octanol–water partition coefficient (Wildman–Crippen LogP) is 5.12. The molecule has 0 unspecified atom stereocenters. The van der Waals surface area contributed by atoms with Crippen molar-refractivity contribution in [2.24, 2.45) is 17.3 Å². The molecule has 4 aliphatic rings. The van der Waals surface area contributed by atoms with E-state index in [0.717, 1.165) is 0 Å². The third kappa shape index (κ3) is 1.52. The van der Waals surface area contributed by atoms with Gasteiger partial charge in [0.05, 0.1) is 0 Å². The lowest BCUT2D eigenvalue weighted by Gasteiger charge is -2.40. The molecular formula is C19H22. The maximum atomic E-state index is 2.51. The van der Waals surface area contributed by atoms with E-state index in [1.165, 1.54) is 32.1 Å². The first-order valence-electron chi connectivity index (χ1n) is 7.83. The van der Waals surface area contributed by atoms with Gasteiger partial charge in [0, 0.05) is 17.3 Å². The van der Waals surface area contributed by atoms with Crippen molar-refractivity contribution in [1.82, 2.24) is 0 Å². The molecule has 0 aromatic carbocycles. The molecule has 4 aliphatic carbocycles. The molecule has 0 spiro atoms. The fraction of sp³-hybridized carbons (Fsp3) is 0.474. The zero-order valence-electron chi connectivity index (χ0n) is 11.7. The second kappa shape index (κ2) is 4.10. The lowest BCUT2D eigenvalue weighted by atomic mass is 9.63. The zero-order chi connectivity index (χ0) is 12.9. The van der Waals surface area contributed by atoms with Crippen LogP contribution in [-0.2, 0) is 0 Å². The van der Waals surface area contributed by atoms with E-state index in [0.29, 0.717) is 17.3 Å². The Morgan fingerprint density at radius 1 is 1.16 bits per heavy atom. The molecule has 0 heterocycles. The molecule has 4 rings (SSSR count). The molecule has 0 saturated heterocycles. The largest absolute Gasteiger partial charge is 0.0870 e. The standard InChI is InChI=1S/C19H22/c1-2-19-12-5-8-18(19)17-10-9-14-6-3-4-7-15(14)16(17)11-13-19/h5-6,9-13,15,18H,2-4,7-8H2,1H3/t15-,18-,19-/m0/s1. The quantitative estimate of drug-likeness (QED) is 0.566. The number of hydrogen-bond donors (Lipinski definition) is 0. The van der Waals surface area contributed by atoms with Crippen molar-refractivity contribution < 1.29 is 0 Å². The fourth-order valence-electron chi connectivity index (χ4n) is 4.51. The molecule has 0 amide bonds. The normalized spacial score (nSPS) is 38.9. The van der Waals surface area contributed by atoms with Crippen LogP contribution >= 0.6 is 0 Å². The SMILES string of the molecule is CC[C@@]12C=CC[C@H]1C1=C(C=C2)[C@H]2CCCC=C2C=C1. The smallest absolute Gasteiger partial charge is 0.0133 e. The summed E-state index contributed by atoms with van der Waals surface area (Å²) in [5, 5.41) is 0. The molecule has 0 radical (unpaired) electrons. The van der Waals surface area contributed by atoms with Crippen molar-refractivity contribution >= 4 is 0 Å². The highest BCUT2D eigenvalue weighted by Crippen LogP contribution is 2.53. The van der Waals surface area contributed by atoms with Gasteiger partial charge in [-0.25, -0.2) is 0 Å². The summed E-state index contributed by atoms with van der Waals surface area (Å²) in [6.07, 6.45) is 23.5. The second-order valence-corrected chi connectivity index (χ2v) is 6.42. The van der Waals surface area contributed by atoms with Gasteiger partial charge in [0.25, 0.3) is 0 Å². The van der Waals surface area contributed by atoms with Gasteiger partial charge in [-0.15, -0.1) is 0 Å². The Bertz CT molecular complexity index is 553. The molecule has 0 N–H and O–H groups in total. The van der Waals surface area contributed by atoms with Crippen LogP contribution < -0.4 is 0 Å². The molecular weight excluding hydrogens is 228 g/mol. The number of hydrogen-bond acceptors (Lipinski definition) is 0. The van der Waals surface area contributed by atoms with E-state index >= 15 is 0 Å². The van der Waals surface area contributed by atoms with Gasteiger partial charge in [-0.05, 0) is 48.8 Å². The van der Waals surface area contributed by atoms with Crippen LogP contribution in [0.25, 0.3) is 0 Å². The first-order valence-corrected chi connectivity index (χ1v) is 7.83. The molecule has 0 aliphatic heterocycles. The molecule has 3 atom stereocenters. The van der Waals surface area contributed by atoms with Crippen LogP contribution in [0.15, 0.2) is 59.3 Å². The first-order chi connectivity index (χ1) is 9.34. The van der Waals surface area contributed by atoms with E-state index in [9.17, 15) is 0 Å². The highest BCUT2D eigenvalue weighted by Gasteiger charge is 2.42. The summed E-state index contributed by atoms with van der Waals surface area (Å²) < 4.78 is 0. The van der Waals surface area contributed by atoms with Crippen molar-refractivity contribution in [2.75, 3.05) is 0 Å². The van der Waals surface area contributed by atoms with E-state index in [4.69, 9.17) is 0 Å².